The second-order valence-corrected chi connectivity index (χ2v) is 3.38. The summed E-state index contributed by atoms with van der Waals surface area (Å²) in [6, 6.07) is 2.81. The molecule has 0 aliphatic heterocycles. The van der Waals surface area contributed by atoms with Crippen LogP contribution in [0.3, 0.4) is 0 Å². The zero-order chi connectivity index (χ0) is 14.3. The third-order valence-electron chi connectivity index (χ3n) is 1.73. The predicted octanol–water partition coefficient (Wildman–Crippen LogP) is 2.20. The van der Waals surface area contributed by atoms with Crippen LogP contribution in [-0.4, -0.2) is 33.2 Å². The molecule has 0 radical (unpaired) electrons. The normalized spacial score (nSPS) is 9.00. The molecule has 0 fully saturated rings. The van der Waals surface area contributed by atoms with E-state index in [1.54, 1.807) is 0 Å². The number of hydrogen-bond donors (Lipinski definition) is 3. The Labute approximate surface area is 103 Å². The zero-order valence-corrected chi connectivity index (χ0v) is 10.0. The first kappa shape index (κ1) is 15.6. The van der Waals surface area contributed by atoms with E-state index in [0.717, 1.165) is 18.2 Å². The maximum Gasteiger partial charge on any atom is 0.336 e. The molecular formula is C12H14O6. The highest BCUT2D eigenvalue weighted by molar-refractivity contribution is 6.03. The highest BCUT2D eigenvalue weighted by Gasteiger charge is 2.17. The maximum absolute atomic E-state index is 10.6. The number of rotatable bonds is 3. The topological polar surface area (TPSA) is 112 Å². The molecule has 0 atom stereocenters. The molecule has 0 unspecified atom stereocenters. The molecule has 0 heterocycles. The highest BCUT2D eigenvalue weighted by Crippen LogP contribution is 2.12. The van der Waals surface area contributed by atoms with E-state index in [2.05, 4.69) is 13.8 Å². The third-order valence-corrected chi connectivity index (χ3v) is 1.73. The molecule has 1 aromatic rings. The summed E-state index contributed by atoms with van der Waals surface area (Å²) in [5.74, 6) is -4.20. The van der Waals surface area contributed by atoms with Crippen molar-refractivity contribution in [3.63, 3.8) is 0 Å². The number of benzene rings is 1. The van der Waals surface area contributed by atoms with E-state index in [9.17, 15) is 14.4 Å². The van der Waals surface area contributed by atoms with Gasteiger partial charge in [0.15, 0.2) is 0 Å². The number of carbonyl (C=O) groups is 3. The first-order valence-electron chi connectivity index (χ1n) is 5.19. The van der Waals surface area contributed by atoms with E-state index in [1.165, 1.54) is 6.42 Å². The van der Waals surface area contributed by atoms with Crippen molar-refractivity contribution in [2.24, 2.45) is 0 Å². The van der Waals surface area contributed by atoms with Gasteiger partial charge < -0.3 is 15.3 Å². The average molecular weight is 254 g/mol. The quantitative estimate of drug-likeness (QED) is 0.762. The lowest BCUT2D eigenvalue weighted by Gasteiger charge is -2.02. The molecule has 0 amide bonds. The molecule has 98 valence electrons. The molecule has 1 rings (SSSR count). The van der Waals surface area contributed by atoms with Gasteiger partial charge in [0.25, 0.3) is 0 Å². The van der Waals surface area contributed by atoms with Crippen LogP contribution in [0.25, 0.3) is 0 Å². The SMILES string of the molecule is CCC.O=C(O)c1ccc(C(=O)O)c(C(=O)O)c1. The molecule has 6 nitrogen and oxygen atoms in total. The van der Waals surface area contributed by atoms with Gasteiger partial charge in [-0.15, -0.1) is 0 Å². The van der Waals surface area contributed by atoms with Crippen molar-refractivity contribution in [1.82, 2.24) is 0 Å². The number of carboxylic acid groups (broad SMARTS) is 3. The van der Waals surface area contributed by atoms with Gasteiger partial charge in [-0.25, -0.2) is 14.4 Å². The van der Waals surface area contributed by atoms with E-state index in [4.69, 9.17) is 15.3 Å². The van der Waals surface area contributed by atoms with Crippen molar-refractivity contribution in [2.45, 2.75) is 20.3 Å². The summed E-state index contributed by atoms with van der Waals surface area (Å²) < 4.78 is 0. The second-order valence-electron chi connectivity index (χ2n) is 3.38. The molecule has 0 aliphatic rings. The Morgan fingerprint density at radius 2 is 1.33 bits per heavy atom. The van der Waals surface area contributed by atoms with Gasteiger partial charge in [0.05, 0.1) is 16.7 Å². The summed E-state index contributed by atoms with van der Waals surface area (Å²) in [4.78, 5) is 31.8. The van der Waals surface area contributed by atoms with Crippen LogP contribution in [0, 0.1) is 0 Å². The lowest BCUT2D eigenvalue weighted by molar-refractivity contribution is 0.0649. The van der Waals surface area contributed by atoms with Gasteiger partial charge in [-0.05, 0) is 18.2 Å². The fourth-order valence-corrected chi connectivity index (χ4v) is 1.04. The first-order chi connectivity index (χ1) is 8.34. The Morgan fingerprint density at radius 1 is 0.889 bits per heavy atom. The van der Waals surface area contributed by atoms with Crippen LogP contribution in [0.15, 0.2) is 18.2 Å². The molecule has 1 aromatic carbocycles. The first-order valence-corrected chi connectivity index (χ1v) is 5.19. The van der Waals surface area contributed by atoms with Crippen molar-refractivity contribution in [2.75, 3.05) is 0 Å². The minimum absolute atomic E-state index is 0.266. The summed E-state index contributed by atoms with van der Waals surface area (Å²) in [5.41, 5.74) is -1.24. The highest BCUT2D eigenvalue weighted by atomic mass is 16.4. The molecular weight excluding hydrogens is 240 g/mol. The summed E-state index contributed by atoms with van der Waals surface area (Å²) in [5, 5.41) is 25.9. The van der Waals surface area contributed by atoms with E-state index in [-0.39, 0.29) is 5.56 Å². The van der Waals surface area contributed by atoms with Gasteiger partial charge in [-0.2, -0.15) is 0 Å². The molecule has 6 heteroatoms. The van der Waals surface area contributed by atoms with Crippen LogP contribution < -0.4 is 0 Å². The third kappa shape index (κ3) is 4.25. The number of hydrogen-bond acceptors (Lipinski definition) is 3. The van der Waals surface area contributed by atoms with Crippen LogP contribution in [0.4, 0.5) is 0 Å². The number of aromatic carboxylic acids is 3. The fourth-order valence-electron chi connectivity index (χ4n) is 1.04. The van der Waals surface area contributed by atoms with E-state index in [1.807, 2.05) is 0 Å². The monoisotopic (exact) mass is 254 g/mol. The standard InChI is InChI=1S/C9H6O6.C3H8/c10-7(11)4-1-2-5(8(12)13)6(3-4)9(14)15;1-3-2/h1-3H,(H,10,11)(H,12,13)(H,14,15);3H2,1-2H3. The van der Waals surface area contributed by atoms with Crippen LogP contribution >= 0.6 is 0 Å². The van der Waals surface area contributed by atoms with Gasteiger partial charge in [-0.3, -0.25) is 0 Å². The molecule has 0 saturated heterocycles. The van der Waals surface area contributed by atoms with Gasteiger partial charge in [-0.1, -0.05) is 20.3 Å². The molecule has 0 spiro atoms. The smallest absolute Gasteiger partial charge is 0.336 e. The Bertz CT molecular complexity index is 464. The van der Waals surface area contributed by atoms with Crippen molar-refractivity contribution in [3.8, 4) is 0 Å². The Balaban J connectivity index is 0.000000873. The average Bonchev–Trinajstić information content (AvgIpc) is 2.28. The fraction of sp³-hybridized carbons (Fsp3) is 0.250. The molecule has 0 aromatic heterocycles. The van der Waals surface area contributed by atoms with Crippen LogP contribution in [-0.2, 0) is 0 Å². The zero-order valence-electron chi connectivity index (χ0n) is 10.0. The van der Waals surface area contributed by atoms with Crippen molar-refractivity contribution >= 4 is 17.9 Å². The van der Waals surface area contributed by atoms with Gasteiger partial charge in [0, 0.05) is 0 Å². The Hall–Kier alpha value is -2.37. The molecule has 0 aliphatic carbocycles. The minimum atomic E-state index is -1.48. The van der Waals surface area contributed by atoms with Crippen molar-refractivity contribution in [3.05, 3.63) is 34.9 Å². The molecule has 3 N–H and O–H groups in total. The van der Waals surface area contributed by atoms with Crippen LogP contribution in [0.1, 0.15) is 51.3 Å². The van der Waals surface area contributed by atoms with Crippen LogP contribution in [0.5, 0.6) is 0 Å². The second kappa shape index (κ2) is 7.05. The van der Waals surface area contributed by atoms with E-state index < -0.39 is 29.0 Å². The van der Waals surface area contributed by atoms with Gasteiger partial charge in [0.1, 0.15) is 0 Å². The summed E-state index contributed by atoms with van der Waals surface area (Å²) >= 11 is 0. The Kier molecular flexibility index (Phi) is 6.12. The van der Waals surface area contributed by atoms with Crippen LogP contribution in [0.2, 0.25) is 0 Å². The predicted molar refractivity (Wildman–Crippen MR) is 63.3 cm³/mol. The molecule has 0 bridgehead atoms. The van der Waals surface area contributed by atoms with Gasteiger partial charge >= 0.3 is 17.9 Å². The number of carboxylic acids is 3. The largest absolute Gasteiger partial charge is 0.478 e. The Morgan fingerprint density at radius 3 is 1.67 bits per heavy atom. The van der Waals surface area contributed by atoms with E-state index in [0.29, 0.717) is 0 Å². The van der Waals surface area contributed by atoms with Crippen molar-refractivity contribution < 1.29 is 29.7 Å². The molecule has 18 heavy (non-hydrogen) atoms. The minimum Gasteiger partial charge on any atom is -0.478 e. The lowest BCUT2D eigenvalue weighted by Crippen LogP contribution is -2.10. The van der Waals surface area contributed by atoms with E-state index >= 15 is 0 Å². The summed E-state index contributed by atoms with van der Waals surface area (Å²) in [6.07, 6.45) is 1.25. The molecule has 0 saturated carbocycles. The maximum atomic E-state index is 10.6. The van der Waals surface area contributed by atoms with Gasteiger partial charge in [0.2, 0.25) is 0 Å². The summed E-state index contributed by atoms with van der Waals surface area (Å²) in [6.45, 7) is 4.25. The lowest BCUT2D eigenvalue weighted by atomic mass is 10.0. The summed E-state index contributed by atoms with van der Waals surface area (Å²) in [7, 11) is 0. The van der Waals surface area contributed by atoms with Crippen molar-refractivity contribution in [1.29, 1.82) is 0 Å².